The fourth-order valence-corrected chi connectivity index (χ4v) is 3.75. The lowest BCUT2D eigenvalue weighted by atomic mass is 10.1. The highest BCUT2D eigenvalue weighted by atomic mass is 32.1. The van der Waals surface area contributed by atoms with Gasteiger partial charge in [-0.3, -0.25) is 20.2 Å². The summed E-state index contributed by atoms with van der Waals surface area (Å²) in [5.41, 5.74) is 3.31. The molecule has 0 saturated carbocycles. The van der Waals surface area contributed by atoms with Crippen molar-refractivity contribution >= 4 is 23.2 Å². The van der Waals surface area contributed by atoms with Crippen LogP contribution in [0.15, 0.2) is 48.1 Å². The maximum Gasteiger partial charge on any atom is 0.277 e. The van der Waals surface area contributed by atoms with Crippen molar-refractivity contribution in [2.24, 2.45) is 0 Å². The van der Waals surface area contributed by atoms with E-state index in [9.17, 15) is 4.79 Å². The van der Waals surface area contributed by atoms with E-state index in [1.807, 2.05) is 12.1 Å². The van der Waals surface area contributed by atoms with E-state index in [0.717, 1.165) is 28.3 Å². The standard InChI is InChI=1S/C19H14N6O2S/c26-17(23-19-22-16(24-25-19)11-3-6-20-7-4-11)14-10-28-18(21-14)13-1-2-15-12(9-13)5-8-27-15/h1-4,6-7,9-10H,5,8H2,(H2,22,23,24,25,26). The van der Waals surface area contributed by atoms with Crippen LogP contribution in [0.1, 0.15) is 16.1 Å². The zero-order valence-electron chi connectivity index (χ0n) is 14.5. The summed E-state index contributed by atoms with van der Waals surface area (Å²) in [7, 11) is 0. The molecule has 0 unspecified atom stereocenters. The molecule has 2 N–H and O–H groups in total. The van der Waals surface area contributed by atoms with E-state index in [-0.39, 0.29) is 11.9 Å². The van der Waals surface area contributed by atoms with Gasteiger partial charge in [0.05, 0.1) is 6.61 Å². The summed E-state index contributed by atoms with van der Waals surface area (Å²) in [5, 5.41) is 12.0. The second-order valence-electron chi connectivity index (χ2n) is 6.16. The fraction of sp³-hybridized carbons (Fsp3) is 0.105. The van der Waals surface area contributed by atoms with E-state index >= 15 is 0 Å². The van der Waals surface area contributed by atoms with Gasteiger partial charge in [0.15, 0.2) is 5.82 Å². The van der Waals surface area contributed by atoms with Gasteiger partial charge in [-0.15, -0.1) is 16.4 Å². The Morgan fingerprint density at radius 3 is 2.93 bits per heavy atom. The molecule has 0 radical (unpaired) electrons. The molecular weight excluding hydrogens is 376 g/mol. The minimum atomic E-state index is -0.354. The number of H-pyrrole nitrogens is 1. The Kier molecular flexibility index (Phi) is 4.06. The highest BCUT2D eigenvalue weighted by Gasteiger charge is 2.17. The zero-order valence-corrected chi connectivity index (χ0v) is 15.4. The first-order valence-corrected chi connectivity index (χ1v) is 9.50. The molecule has 1 aliphatic heterocycles. The van der Waals surface area contributed by atoms with Crippen LogP contribution in [0.3, 0.4) is 0 Å². The van der Waals surface area contributed by atoms with Crippen molar-refractivity contribution in [3.8, 4) is 27.7 Å². The highest BCUT2D eigenvalue weighted by Crippen LogP contribution is 2.32. The van der Waals surface area contributed by atoms with Crippen molar-refractivity contribution in [3.05, 3.63) is 59.4 Å². The van der Waals surface area contributed by atoms with E-state index in [4.69, 9.17) is 4.74 Å². The quantitative estimate of drug-likeness (QED) is 0.554. The number of nitrogens with zero attached hydrogens (tertiary/aromatic N) is 4. The number of rotatable bonds is 4. The maximum atomic E-state index is 12.5. The zero-order chi connectivity index (χ0) is 18.9. The molecule has 5 rings (SSSR count). The molecule has 0 aliphatic carbocycles. The Bertz CT molecular complexity index is 1150. The first kappa shape index (κ1) is 16.6. The smallest absolute Gasteiger partial charge is 0.277 e. The summed E-state index contributed by atoms with van der Waals surface area (Å²) >= 11 is 1.42. The van der Waals surface area contributed by atoms with Gasteiger partial charge in [-0.05, 0) is 35.9 Å². The lowest BCUT2D eigenvalue weighted by Crippen LogP contribution is -2.13. The third-order valence-corrected chi connectivity index (χ3v) is 5.23. The topological polar surface area (TPSA) is 106 Å². The molecule has 1 aliphatic rings. The number of ether oxygens (including phenoxy) is 1. The van der Waals surface area contributed by atoms with Crippen molar-refractivity contribution in [2.45, 2.75) is 6.42 Å². The molecule has 0 fully saturated rings. The van der Waals surface area contributed by atoms with Crippen LogP contribution in [-0.4, -0.2) is 37.7 Å². The molecule has 138 valence electrons. The molecule has 4 heterocycles. The predicted molar refractivity (Wildman–Crippen MR) is 104 cm³/mol. The van der Waals surface area contributed by atoms with Crippen molar-refractivity contribution in [3.63, 3.8) is 0 Å². The van der Waals surface area contributed by atoms with E-state index in [0.29, 0.717) is 18.1 Å². The van der Waals surface area contributed by atoms with Gasteiger partial charge in [-0.25, -0.2) is 4.98 Å². The predicted octanol–water partition coefficient (Wildman–Crippen LogP) is 3.18. The average Bonchev–Trinajstić information content (AvgIpc) is 3.48. The third kappa shape index (κ3) is 3.12. The van der Waals surface area contributed by atoms with Gasteiger partial charge >= 0.3 is 0 Å². The molecule has 0 bridgehead atoms. The number of thiazole rings is 1. The molecule has 1 amide bonds. The van der Waals surface area contributed by atoms with E-state index in [1.54, 1.807) is 29.9 Å². The lowest BCUT2D eigenvalue weighted by Gasteiger charge is -2.01. The molecular formula is C19H14N6O2S. The number of anilines is 1. The van der Waals surface area contributed by atoms with Crippen LogP contribution in [0.2, 0.25) is 0 Å². The van der Waals surface area contributed by atoms with Crippen molar-refractivity contribution in [1.82, 2.24) is 25.1 Å². The van der Waals surface area contributed by atoms with Crippen molar-refractivity contribution < 1.29 is 9.53 Å². The van der Waals surface area contributed by atoms with Gasteiger partial charge in [-0.2, -0.15) is 4.98 Å². The normalized spacial score (nSPS) is 12.4. The Balaban J connectivity index is 1.32. The minimum Gasteiger partial charge on any atom is -0.493 e. The number of carbonyl (C=O) groups excluding carboxylic acids is 1. The molecule has 28 heavy (non-hydrogen) atoms. The first-order valence-electron chi connectivity index (χ1n) is 8.62. The van der Waals surface area contributed by atoms with Crippen LogP contribution in [0, 0.1) is 0 Å². The number of hydrogen-bond acceptors (Lipinski definition) is 7. The third-order valence-electron chi connectivity index (χ3n) is 4.34. The van der Waals surface area contributed by atoms with Gasteiger partial charge in [0.25, 0.3) is 5.91 Å². The Labute approximate surface area is 163 Å². The number of aromatic amines is 1. The van der Waals surface area contributed by atoms with Gasteiger partial charge in [-0.1, -0.05) is 0 Å². The van der Waals surface area contributed by atoms with E-state index < -0.39 is 0 Å². The monoisotopic (exact) mass is 390 g/mol. The number of nitrogens with one attached hydrogen (secondary N) is 2. The summed E-state index contributed by atoms with van der Waals surface area (Å²) in [6, 6.07) is 9.59. The van der Waals surface area contributed by atoms with Crippen LogP contribution in [0.25, 0.3) is 22.0 Å². The summed E-state index contributed by atoms with van der Waals surface area (Å²) in [5.74, 6) is 1.32. The van der Waals surface area contributed by atoms with Crippen LogP contribution >= 0.6 is 11.3 Å². The van der Waals surface area contributed by atoms with Crippen molar-refractivity contribution in [2.75, 3.05) is 11.9 Å². The summed E-state index contributed by atoms with van der Waals surface area (Å²) in [4.78, 5) is 25.2. The maximum absolute atomic E-state index is 12.5. The largest absolute Gasteiger partial charge is 0.493 e. The van der Waals surface area contributed by atoms with Gasteiger partial charge < -0.3 is 4.74 Å². The SMILES string of the molecule is O=C(Nc1n[nH]c(-c2ccncc2)n1)c1csc(-c2ccc3c(c2)CCO3)n1. The molecule has 0 saturated heterocycles. The highest BCUT2D eigenvalue weighted by molar-refractivity contribution is 7.13. The Morgan fingerprint density at radius 2 is 2.04 bits per heavy atom. The van der Waals surface area contributed by atoms with Crippen LogP contribution in [0.5, 0.6) is 5.75 Å². The number of hydrogen-bond donors (Lipinski definition) is 2. The molecule has 3 aromatic heterocycles. The van der Waals surface area contributed by atoms with Gasteiger partial charge in [0.2, 0.25) is 5.95 Å². The number of benzene rings is 1. The Morgan fingerprint density at radius 1 is 1.14 bits per heavy atom. The molecule has 0 atom stereocenters. The minimum absolute atomic E-state index is 0.195. The molecule has 1 aromatic carbocycles. The summed E-state index contributed by atoms with van der Waals surface area (Å²) in [6.07, 6.45) is 4.22. The number of aromatic nitrogens is 5. The number of pyridine rings is 1. The number of amides is 1. The lowest BCUT2D eigenvalue weighted by molar-refractivity contribution is 0.102. The molecule has 4 aromatic rings. The number of fused-ring (bicyclic) bond motifs is 1. The van der Waals surface area contributed by atoms with Crippen LogP contribution < -0.4 is 10.1 Å². The second-order valence-corrected chi connectivity index (χ2v) is 7.01. The molecule has 0 spiro atoms. The van der Waals surface area contributed by atoms with E-state index in [2.05, 4.69) is 36.5 Å². The average molecular weight is 390 g/mol. The Hall–Kier alpha value is -3.59. The van der Waals surface area contributed by atoms with Gasteiger partial charge in [0, 0.05) is 35.3 Å². The van der Waals surface area contributed by atoms with Gasteiger partial charge in [0.1, 0.15) is 16.5 Å². The summed E-state index contributed by atoms with van der Waals surface area (Å²) in [6.45, 7) is 0.711. The van der Waals surface area contributed by atoms with Crippen molar-refractivity contribution in [1.29, 1.82) is 0 Å². The second kappa shape index (κ2) is 6.86. The van der Waals surface area contributed by atoms with Crippen LogP contribution in [-0.2, 0) is 6.42 Å². The van der Waals surface area contributed by atoms with Crippen LogP contribution in [0.4, 0.5) is 5.95 Å². The summed E-state index contributed by atoms with van der Waals surface area (Å²) < 4.78 is 5.53. The molecule has 9 heteroatoms. The fourth-order valence-electron chi connectivity index (χ4n) is 2.95. The number of carbonyl (C=O) groups is 1. The molecule has 8 nitrogen and oxygen atoms in total. The first-order chi connectivity index (χ1) is 13.8. The van der Waals surface area contributed by atoms with E-state index in [1.165, 1.54) is 16.9 Å².